The third-order valence-electron chi connectivity index (χ3n) is 6.02. The molecule has 1 aromatic heterocycles. The lowest BCUT2D eigenvalue weighted by Crippen LogP contribution is -2.49. The molecule has 0 bridgehead atoms. The lowest BCUT2D eigenvalue weighted by atomic mass is 10.1. The van der Waals surface area contributed by atoms with Crippen LogP contribution in [-0.4, -0.2) is 65.5 Å². The van der Waals surface area contributed by atoms with Gasteiger partial charge in [0.2, 0.25) is 0 Å². The van der Waals surface area contributed by atoms with Crippen LogP contribution in [0, 0.1) is 0 Å². The van der Waals surface area contributed by atoms with Gasteiger partial charge in [0.25, 0.3) is 0 Å². The maximum atomic E-state index is 6.28. The number of ether oxygens (including phenoxy) is 1. The van der Waals surface area contributed by atoms with Crippen LogP contribution in [0.2, 0.25) is 5.02 Å². The first-order chi connectivity index (χ1) is 15.2. The van der Waals surface area contributed by atoms with Crippen LogP contribution >= 0.6 is 35.6 Å². The van der Waals surface area contributed by atoms with Crippen molar-refractivity contribution < 1.29 is 4.74 Å². The number of benzene rings is 1. The average Bonchev–Trinajstić information content (AvgIpc) is 3.43. The lowest BCUT2D eigenvalue weighted by Gasteiger charge is -2.30. The van der Waals surface area contributed by atoms with Gasteiger partial charge in [-0.3, -0.25) is 9.89 Å². The molecule has 0 aliphatic carbocycles. The molecule has 3 heterocycles. The molecule has 0 amide bonds. The summed E-state index contributed by atoms with van der Waals surface area (Å²) in [5.74, 6) is 2.59. The first kappa shape index (κ1) is 25.2. The molecule has 1 aromatic carbocycles. The number of nitrogens with one attached hydrogen (secondary N) is 2. The monoisotopic (exact) mass is 573 g/mol. The van der Waals surface area contributed by atoms with Crippen LogP contribution < -0.4 is 10.6 Å². The zero-order chi connectivity index (χ0) is 21.6. The Morgan fingerprint density at radius 2 is 2.16 bits per heavy atom. The molecule has 0 spiro atoms. The molecule has 176 valence electrons. The highest BCUT2D eigenvalue weighted by Crippen LogP contribution is 2.26. The number of aromatic nitrogens is 3. The molecule has 10 heteroatoms. The highest BCUT2D eigenvalue weighted by atomic mass is 127. The van der Waals surface area contributed by atoms with Crippen molar-refractivity contribution in [1.82, 2.24) is 30.3 Å². The zero-order valence-electron chi connectivity index (χ0n) is 18.8. The number of nitrogens with zero attached hydrogens (tertiary/aromatic N) is 5. The summed E-state index contributed by atoms with van der Waals surface area (Å²) in [6.07, 6.45) is 4.38. The van der Waals surface area contributed by atoms with Gasteiger partial charge < -0.3 is 15.4 Å². The van der Waals surface area contributed by atoms with E-state index in [1.54, 1.807) is 7.11 Å². The van der Waals surface area contributed by atoms with Gasteiger partial charge in [-0.1, -0.05) is 23.7 Å². The van der Waals surface area contributed by atoms with Gasteiger partial charge in [0.1, 0.15) is 12.4 Å². The van der Waals surface area contributed by atoms with E-state index in [2.05, 4.69) is 42.7 Å². The first-order valence-electron chi connectivity index (χ1n) is 11.0. The van der Waals surface area contributed by atoms with Crippen LogP contribution in [0.5, 0.6) is 0 Å². The van der Waals surface area contributed by atoms with E-state index in [1.807, 2.05) is 23.9 Å². The minimum atomic E-state index is 0. The summed E-state index contributed by atoms with van der Waals surface area (Å²) in [5, 5.41) is 12.5. The fraction of sp³-hybridized carbons (Fsp3) is 0.591. The Bertz CT molecular complexity index is 900. The number of methoxy groups -OCH3 is 1. The average molecular weight is 574 g/mol. The number of aryl methyl sites for hydroxylation is 1. The lowest BCUT2D eigenvalue weighted by molar-refractivity contribution is 0.177. The van der Waals surface area contributed by atoms with E-state index in [0.29, 0.717) is 6.61 Å². The van der Waals surface area contributed by atoms with Crippen molar-refractivity contribution >= 4 is 41.5 Å². The van der Waals surface area contributed by atoms with Gasteiger partial charge >= 0.3 is 0 Å². The molecule has 2 unspecified atom stereocenters. The van der Waals surface area contributed by atoms with E-state index in [0.717, 1.165) is 61.7 Å². The first-order valence-corrected chi connectivity index (χ1v) is 11.4. The molecule has 8 nitrogen and oxygen atoms in total. The summed E-state index contributed by atoms with van der Waals surface area (Å²) in [6.45, 7) is 4.23. The summed E-state index contributed by atoms with van der Waals surface area (Å²) >= 11 is 6.28. The van der Waals surface area contributed by atoms with Crippen molar-refractivity contribution in [3.05, 3.63) is 46.5 Å². The zero-order valence-corrected chi connectivity index (χ0v) is 21.8. The van der Waals surface area contributed by atoms with Crippen molar-refractivity contribution in [3.8, 4) is 0 Å². The number of guanidine groups is 1. The van der Waals surface area contributed by atoms with E-state index < -0.39 is 0 Å². The Balaban J connectivity index is 0.00000289. The summed E-state index contributed by atoms with van der Waals surface area (Å²) in [7, 11) is 3.48. The van der Waals surface area contributed by atoms with Crippen molar-refractivity contribution in [3.63, 3.8) is 0 Å². The normalized spacial score (nSPS) is 19.8. The van der Waals surface area contributed by atoms with E-state index in [-0.39, 0.29) is 36.1 Å². The number of hydrogen-bond donors (Lipinski definition) is 2. The SMILES string of the molecule is CN=C(NCC(c1cccc(Cl)c1)N1CCCC1)NC1CCc2nc(COC)nn2C1.I. The molecular weight excluding hydrogens is 541 g/mol. The van der Waals surface area contributed by atoms with E-state index in [4.69, 9.17) is 16.3 Å². The fourth-order valence-electron chi connectivity index (χ4n) is 4.47. The standard InChI is InChI=1S/C22H32ClN7O.HI/c1-24-22(26-18-8-9-21-27-20(15-31-2)28-30(21)14-18)25-13-19(29-10-3-4-11-29)16-6-5-7-17(23)12-16;/h5-7,12,18-19H,3-4,8-11,13-15H2,1-2H3,(H2,24,25,26);1H. The predicted octanol–water partition coefficient (Wildman–Crippen LogP) is 3.01. The van der Waals surface area contributed by atoms with Crippen LogP contribution in [-0.2, 0) is 24.3 Å². The minimum Gasteiger partial charge on any atom is -0.377 e. The van der Waals surface area contributed by atoms with Crippen LogP contribution in [0.3, 0.4) is 0 Å². The van der Waals surface area contributed by atoms with Gasteiger partial charge in [-0.15, -0.1) is 24.0 Å². The Morgan fingerprint density at radius 3 is 2.88 bits per heavy atom. The molecule has 0 radical (unpaired) electrons. The molecule has 2 aliphatic heterocycles. The topological polar surface area (TPSA) is 79.6 Å². The van der Waals surface area contributed by atoms with Crippen LogP contribution in [0.1, 0.15) is 42.5 Å². The second kappa shape index (κ2) is 12.2. The number of likely N-dealkylation sites (tertiary alicyclic amines) is 1. The number of fused-ring (bicyclic) bond motifs is 1. The quantitative estimate of drug-likeness (QED) is 0.301. The summed E-state index contributed by atoms with van der Waals surface area (Å²) in [4.78, 5) is 11.6. The molecular formula is C22H33ClIN7O. The molecule has 0 saturated carbocycles. The van der Waals surface area contributed by atoms with Crippen LogP contribution in [0.4, 0.5) is 0 Å². The molecule has 2 aliphatic rings. The second-order valence-corrected chi connectivity index (χ2v) is 8.64. The van der Waals surface area contributed by atoms with E-state index >= 15 is 0 Å². The molecule has 1 fully saturated rings. The van der Waals surface area contributed by atoms with Crippen molar-refractivity contribution in [1.29, 1.82) is 0 Å². The van der Waals surface area contributed by atoms with Crippen molar-refractivity contribution in [2.24, 2.45) is 4.99 Å². The highest BCUT2D eigenvalue weighted by molar-refractivity contribution is 14.0. The van der Waals surface area contributed by atoms with Gasteiger partial charge in [0.05, 0.1) is 12.6 Å². The number of aliphatic imine (C=N–C) groups is 1. The van der Waals surface area contributed by atoms with E-state index in [9.17, 15) is 0 Å². The maximum absolute atomic E-state index is 6.28. The van der Waals surface area contributed by atoms with Crippen LogP contribution in [0.15, 0.2) is 29.3 Å². The molecule has 2 atom stereocenters. The Labute approximate surface area is 212 Å². The van der Waals surface area contributed by atoms with Crippen LogP contribution in [0.25, 0.3) is 0 Å². The molecule has 32 heavy (non-hydrogen) atoms. The minimum absolute atomic E-state index is 0. The molecule has 1 saturated heterocycles. The van der Waals surface area contributed by atoms with Crippen molar-refractivity contribution in [2.75, 3.05) is 33.8 Å². The van der Waals surface area contributed by atoms with Gasteiger partial charge in [-0.2, -0.15) is 5.10 Å². The maximum Gasteiger partial charge on any atom is 0.191 e. The number of halogens is 2. The Kier molecular flexibility index (Phi) is 9.57. The number of rotatable bonds is 7. The Morgan fingerprint density at radius 1 is 1.34 bits per heavy atom. The third kappa shape index (κ3) is 6.33. The third-order valence-corrected chi connectivity index (χ3v) is 6.25. The van der Waals surface area contributed by atoms with Gasteiger partial charge in [0.15, 0.2) is 11.8 Å². The highest BCUT2D eigenvalue weighted by Gasteiger charge is 2.25. The number of hydrogen-bond acceptors (Lipinski definition) is 5. The van der Waals surface area contributed by atoms with E-state index in [1.165, 1.54) is 18.4 Å². The van der Waals surface area contributed by atoms with Gasteiger partial charge in [-0.05, 0) is 50.0 Å². The largest absolute Gasteiger partial charge is 0.377 e. The summed E-state index contributed by atoms with van der Waals surface area (Å²) in [5.41, 5.74) is 1.24. The molecule has 2 aromatic rings. The molecule has 2 N–H and O–H groups in total. The predicted molar refractivity (Wildman–Crippen MR) is 138 cm³/mol. The summed E-state index contributed by atoms with van der Waals surface area (Å²) < 4.78 is 7.15. The smallest absolute Gasteiger partial charge is 0.191 e. The van der Waals surface area contributed by atoms with Gasteiger partial charge in [0, 0.05) is 38.2 Å². The van der Waals surface area contributed by atoms with Gasteiger partial charge in [-0.25, -0.2) is 9.67 Å². The second-order valence-electron chi connectivity index (χ2n) is 8.21. The summed E-state index contributed by atoms with van der Waals surface area (Å²) in [6, 6.07) is 8.73. The molecule has 4 rings (SSSR count). The Hall–Kier alpha value is -1.43. The fourth-order valence-corrected chi connectivity index (χ4v) is 4.67. The van der Waals surface area contributed by atoms with Crippen molar-refractivity contribution in [2.45, 2.75) is 50.9 Å².